The third kappa shape index (κ3) is 3.07. The van der Waals surface area contributed by atoms with E-state index in [1.54, 1.807) is 12.3 Å². The summed E-state index contributed by atoms with van der Waals surface area (Å²) in [5, 5.41) is 8.98. The second-order valence-corrected chi connectivity index (χ2v) is 4.71. The van der Waals surface area contributed by atoms with Crippen molar-refractivity contribution in [2.75, 3.05) is 11.9 Å². The van der Waals surface area contributed by atoms with Gasteiger partial charge in [0.25, 0.3) is 0 Å². The molecule has 0 radical (unpaired) electrons. The van der Waals surface area contributed by atoms with Crippen molar-refractivity contribution in [2.45, 2.75) is 20.0 Å². The number of benzene rings is 1. The molecule has 0 saturated heterocycles. The average Bonchev–Trinajstić information content (AvgIpc) is 2.46. The fraction of sp³-hybridized carbons (Fsp3) is 0.250. The SMILES string of the molecule is CC(C)Oc1cccnc1N(C)c1cccc(C#N)c1. The van der Waals surface area contributed by atoms with Crippen LogP contribution in [0.25, 0.3) is 0 Å². The molecule has 20 heavy (non-hydrogen) atoms. The zero-order chi connectivity index (χ0) is 14.5. The van der Waals surface area contributed by atoms with Crippen molar-refractivity contribution in [3.8, 4) is 11.8 Å². The van der Waals surface area contributed by atoms with E-state index in [-0.39, 0.29) is 6.10 Å². The fourth-order valence-corrected chi connectivity index (χ4v) is 1.89. The van der Waals surface area contributed by atoms with Gasteiger partial charge in [-0.2, -0.15) is 5.26 Å². The Kier molecular flexibility index (Phi) is 4.21. The van der Waals surface area contributed by atoms with Crippen LogP contribution >= 0.6 is 0 Å². The molecule has 0 fully saturated rings. The predicted molar refractivity (Wildman–Crippen MR) is 79.2 cm³/mol. The molecule has 0 saturated carbocycles. The molecule has 4 heteroatoms. The van der Waals surface area contributed by atoms with Gasteiger partial charge in [-0.3, -0.25) is 0 Å². The van der Waals surface area contributed by atoms with Gasteiger partial charge in [0.2, 0.25) is 0 Å². The van der Waals surface area contributed by atoms with Crippen molar-refractivity contribution in [1.29, 1.82) is 5.26 Å². The number of nitriles is 1. The molecule has 0 aliphatic carbocycles. The quantitative estimate of drug-likeness (QED) is 0.850. The number of pyridine rings is 1. The Morgan fingerprint density at radius 1 is 1.25 bits per heavy atom. The van der Waals surface area contributed by atoms with Crippen LogP contribution in [0.2, 0.25) is 0 Å². The first-order valence-electron chi connectivity index (χ1n) is 6.47. The molecular formula is C16H17N3O. The molecule has 0 amide bonds. The van der Waals surface area contributed by atoms with Gasteiger partial charge in [-0.05, 0) is 44.2 Å². The van der Waals surface area contributed by atoms with Gasteiger partial charge < -0.3 is 9.64 Å². The minimum Gasteiger partial charge on any atom is -0.487 e. The van der Waals surface area contributed by atoms with E-state index in [1.807, 2.05) is 56.1 Å². The molecule has 0 spiro atoms. The highest BCUT2D eigenvalue weighted by atomic mass is 16.5. The number of hydrogen-bond donors (Lipinski definition) is 0. The lowest BCUT2D eigenvalue weighted by molar-refractivity contribution is 0.242. The molecule has 1 heterocycles. The molecule has 0 bridgehead atoms. The number of hydrogen-bond acceptors (Lipinski definition) is 4. The summed E-state index contributed by atoms with van der Waals surface area (Å²) < 4.78 is 5.78. The Morgan fingerprint density at radius 3 is 2.75 bits per heavy atom. The predicted octanol–water partition coefficient (Wildman–Crippen LogP) is 3.51. The standard InChI is InChI=1S/C16H17N3O/c1-12(2)20-15-8-5-9-18-16(15)19(3)14-7-4-6-13(10-14)11-17/h4-10,12H,1-3H3. The summed E-state index contributed by atoms with van der Waals surface area (Å²) in [7, 11) is 1.91. The fourth-order valence-electron chi connectivity index (χ4n) is 1.89. The van der Waals surface area contributed by atoms with Crippen molar-refractivity contribution in [3.05, 3.63) is 48.2 Å². The van der Waals surface area contributed by atoms with E-state index in [9.17, 15) is 0 Å². The van der Waals surface area contributed by atoms with Crippen LogP contribution in [0.4, 0.5) is 11.5 Å². The minimum atomic E-state index is 0.0804. The zero-order valence-electron chi connectivity index (χ0n) is 11.9. The molecule has 0 aliphatic heterocycles. The lowest BCUT2D eigenvalue weighted by atomic mass is 10.2. The Balaban J connectivity index is 2.37. The van der Waals surface area contributed by atoms with Crippen LogP contribution in [0.3, 0.4) is 0 Å². The molecule has 1 aromatic heterocycles. The molecule has 0 N–H and O–H groups in total. The summed E-state index contributed by atoms with van der Waals surface area (Å²) in [5.41, 5.74) is 1.52. The Hall–Kier alpha value is -2.54. The maximum Gasteiger partial charge on any atom is 0.175 e. The first kappa shape index (κ1) is 13.9. The zero-order valence-corrected chi connectivity index (χ0v) is 11.9. The average molecular weight is 267 g/mol. The van der Waals surface area contributed by atoms with E-state index in [4.69, 9.17) is 10.00 Å². The van der Waals surface area contributed by atoms with Gasteiger partial charge in [0.15, 0.2) is 11.6 Å². The van der Waals surface area contributed by atoms with E-state index in [0.29, 0.717) is 5.56 Å². The van der Waals surface area contributed by atoms with Crippen LogP contribution in [0.1, 0.15) is 19.4 Å². The Morgan fingerprint density at radius 2 is 2.05 bits per heavy atom. The van der Waals surface area contributed by atoms with Crippen molar-refractivity contribution in [1.82, 2.24) is 4.98 Å². The van der Waals surface area contributed by atoms with Gasteiger partial charge in [-0.1, -0.05) is 6.07 Å². The van der Waals surface area contributed by atoms with Crippen LogP contribution in [0.5, 0.6) is 5.75 Å². The van der Waals surface area contributed by atoms with E-state index < -0.39 is 0 Å². The number of anilines is 2. The summed E-state index contributed by atoms with van der Waals surface area (Å²) in [5.74, 6) is 1.46. The van der Waals surface area contributed by atoms with Gasteiger partial charge >= 0.3 is 0 Å². The summed E-state index contributed by atoms with van der Waals surface area (Å²) >= 11 is 0. The van der Waals surface area contributed by atoms with Gasteiger partial charge in [0, 0.05) is 18.9 Å². The number of nitrogens with zero attached hydrogens (tertiary/aromatic N) is 3. The van der Waals surface area contributed by atoms with E-state index in [1.165, 1.54) is 0 Å². The lowest BCUT2D eigenvalue weighted by Gasteiger charge is -2.22. The van der Waals surface area contributed by atoms with Crippen molar-refractivity contribution >= 4 is 11.5 Å². The minimum absolute atomic E-state index is 0.0804. The molecule has 102 valence electrons. The van der Waals surface area contributed by atoms with E-state index >= 15 is 0 Å². The van der Waals surface area contributed by atoms with Gasteiger partial charge in [-0.25, -0.2) is 4.98 Å². The van der Waals surface area contributed by atoms with Gasteiger partial charge in [0.05, 0.1) is 17.7 Å². The van der Waals surface area contributed by atoms with Crippen LogP contribution in [0, 0.1) is 11.3 Å². The highest BCUT2D eigenvalue weighted by Gasteiger charge is 2.13. The second kappa shape index (κ2) is 6.07. The molecule has 2 aromatic rings. The highest BCUT2D eigenvalue weighted by Crippen LogP contribution is 2.31. The first-order chi connectivity index (χ1) is 9.61. The van der Waals surface area contributed by atoms with Crippen LogP contribution in [0.15, 0.2) is 42.6 Å². The van der Waals surface area contributed by atoms with E-state index in [0.717, 1.165) is 17.3 Å². The van der Waals surface area contributed by atoms with Crippen molar-refractivity contribution in [3.63, 3.8) is 0 Å². The van der Waals surface area contributed by atoms with Gasteiger partial charge in [0.1, 0.15) is 0 Å². The summed E-state index contributed by atoms with van der Waals surface area (Å²) in [6.07, 6.45) is 1.81. The first-order valence-corrected chi connectivity index (χ1v) is 6.47. The molecule has 0 unspecified atom stereocenters. The van der Waals surface area contributed by atoms with Crippen LogP contribution < -0.4 is 9.64 Å². The molecule has 2 rings (SSSR count). The Bertz CT molecular complexity index is 632. The van der Waals surface area contributed by atoms with Crippen LogP contribution in [-0.4, -0.2) is 18.1 Å². The summed E-state index contributed by atoms with van der Waals surface area (Å²) in [6.45, 7) is 3.96. The molecule has 0 aliphatic rings. The maximum atomic E-state index is 8.98. The smallest absolute Gasteiger partial charge is 0.175 e. The van der Waals surface area contributed by atoms with Gasteiger partial charge in [-0.15, -0.1) is 0 Å². The summed E-state index contributed by atoms with van der Waals surface area (Å²) in [4.78, 5) is 6.30. The van der Waals surface area contributed by atoms with Crippen molar-refractivity contribution < 1.29 is 4.74 Å². The second-order valence-electron chi connectivity index (χ2n) is 4.71. The van der Waals surface area contributed by atoms with Crippen LogP contribution in [-0.2, 0) is 0 Å². The largest absolute Gasteiger partial charge is 0.487 e. The molecule has 1 aromatic carbocycles. The molecule has 4 nitrogen and oxygen atoms in total. The normalized spacial score (nSPS) is 10.2. The molecule has 0 atom stereocenters. The van der Waals surface area contributed by atoms with Crippen molar-refractivity contribution in [2.24, 2.45) is 0 Å². The lowest BCUT2D eigenvalue weighted by Crippen LogP contribution is -2.15. The number of ether oxygens (including phenoxy) is 1. The monoisotopic (exact) mass is 267 g/mol. The highest BCUT2D eigenvalue weighted by molar-refractivity contribution is 5.65. The number of rotatable bonds is 4. The third-order valence-electron chi connectivity index (χ3n) is 2.79. The Labute approximate surface area is 119 Å². The topological polar surface area (TPSA) is 49.1 Å². The molecular weight excluding hydrogens is 250 g/mol. The summed E-state index contributed by atoms with van der Waals surface area (Å²) in [6, 6.07) is 13.3. The van der Waals surface area contributed by atoms with E-state index in [2.05, 4.69) is 11.1 Å². The third-order valence-corrected chi connectivity index (χ3v) is 2.79. The number of aromatic nitrogens is 1. The maximum absolute atomic E-state index is 8.98.